The molecule has 2 aromatic rings. The van der Waals surface area contributed by atoms with Crippen LogP contribution in [0, 0.1) is 22.9 Å². The molecule has 0 spiro atoms. The number of nitrogens with one attached hydrogen (secondary N) is 1. The Kier molecular flexibility index (Phi) is 4.51. The van der Waals surface area contributed by atoms with Crippen LogP contribution in [0.5, 0.6) is 0 Å². The summed E-state index contributed by atoms with van der Waals surface area (Å²) >= 11 is 7.09. The average Bonchev–Trinajstić information content (AvgIpc) is 2.79. The van der Waals surface area contributed by atoms with E-state index in [0.29, 0.717) is 13.0 Å². The molecule has 0 saturated heterocycles. The minimum atomic E-state index is -0.690. The third-order valence-corrected chi connectivity index (χ3v) is 3.71. The fourth-order valence-electron chi connectivity index (χ4n) is 1.68. The summed E-state index contributed by atoms with van der Waals surface area (Å²) in [5.74, 6) is -0.690. The summed E-state index contributed by atoms with van der Waals surface area (Å²) in [7, 11) is 0. The minimum absolute atomic E-state index is 0.115. The van der Waals surface area contributed by atoms with Crippen LogP contribution in [0.15, 0.2) is 17.5 Å². The van der Waals surface area contributed by atoms with Crippen LogP contribution in [0.25, 0.3) is 0 Å². The maximum atomic E-state index is 13.4. The molecule has 0 aliphatic rings. The van der Waals surface area contributed by atoms with Crippen molar-refractivity contribution in [2.75, 3.05) is 11.9 Å². The molecule has 1 heterocycles. The first-order chi connectivity index (χ1) is 9.47. The largest absolute Gasteiger partial charge is 0.379 e. The topological polar surface area (TPSA) is 68.1 Å². The lowest BCUT2D eigenvalue weighted by Crippen LogP contribution is -2.07. The first-order valence-electron chi connectivity index (χ1n) is 5.75. The van der Waals surface area contributed by atoms with Crippen LogP contribution >= 0.6 is 22.9 Å². The second kappa shape index (κ2) is 6.15. The van der Waals surface area contributed by atoms with Gasteiger partial charge < -0.3 is 5.32 Å². The molecule has 0 unspecified atom stereocenters. The van der Waals surface area contributed by atoms with Crippen molar-refractivity contribution in [1.29, 1.82) is 0 Å². The van der Waals surface area contributed by atoms with Crippen molar-refractivity contribution in [1.82, 2.24) is 4.98 Å². The summed E-state index contributed by atoms with van der Waals surface area (Å²) in [5.41, 5.74) is 0.770. The Hall–Kier alpha value is -1.73. The Labute approximate surface area is 123 Å². The molecule has 0 fully saturated rings. The van der Waals surface area contributed by atoms with E-state index >= 15 is 0 Å². The van der Waals surface area contributed by atoms with Crippen LogP contribution < -0.4 is 5.32 Å². The van der Waals surface area contributed by atoms with Crippen molar-refractivity contribution in [2.45, 2.75) is 13.3 Å². The maximum Gasteiger partial charge on any atom is 0.294 e. The third-order valence-electron chi connectivity index (χ3n) is 2.60. The normalized spacial score (nSPS) is 10.6. The third kappa shape index (κ3) is 3.43. The lowest BCUT2D eigenvalue weighted by molar-refractivity contribution is -0.384. The summed E-state index contributed by atoms with van der Waals surface area (Å²) in [6.07, 6.45) is 0.603. The number of nitro groups is 1. The zero-order chi connectivity index (χ0) is 14.7. The van der Waals surface area contributed by atoms with Crippen LogP contribution in [0.2, 0.25) is 5.02 Å². The number of nitrogens with zero attached hydrogens (tertiary/aromatic N) is 2. The van der Waals surface area contributed by atoms with Gasteiger partial charge in [0.05, 0.1) is 20.6 Å². The summed E-state index contributed by atoms with van der Waals surface area (Å²) in [4.78, 5) is 14.6. The molecule has 0 aliphatic carbocycles. The van der Waals surface area contributed by atoms with E-state index in [1.54, 1.807) is 0 Å². The molecule has 0 aliphatic heterocycles. The Morgan fingerprint density at radius 1 is 1.55 bits per heavy atom. The van der Waals surface area contributed by atoms with Crippen molar-refractivity contribution in [3.05, 3.63) is 49.2 Å². The highest BCUT2D eigenvalue weighted by Gasteiger charge is 2.17. The highest BCUT2D eigenvalue weighted by molar-refractivity contribution is 7.09. The van der Waals surface area contributed by atoms with Crippen molar-refractivity contribution in [3.8, 4) is 0 Å². The fraction of sp³-hybridized carbons (Fsp3) is 0.250. The summed E-state index contributed by atoms with van der Waals surface area (Å²) in [6, 6.07) is 2.04. The molecule has 20 heavy (non-hydrogen) atoms. The molecule has 1 aromatic carbocycles. The van der Waals surface area contributed by atoms with Gasteiger partial charge in [-0.1, -0.05) is 11.6 Å². The minimum Gasteiger partial charge on any atom is -0.379 e. The Morgan fingerprint density at radius 3 is 2.90 bits per heavy atom. The standard InChI is InChI=1S/C12H11ClFN3O2S/c1-7-16-8(6-20-7)2-3-15-11-5-10(14)9(13)4-12(11)17(18)19/h4-6,15H,2-3H2,1H3. The van der Waals surface area contributed by atoms with E-state index < -0.39 is 10.7 Å². The molecule has 0 amide bonds. The molecule has 0 radical (unpaired) electrons. The van der Waals surface area contributed by atoms with Crippen molar-refractivity contribution < 1.29 is 9.31 Å². The van der Waals surface area contributed by atoms with E-state index in [1.165, 1.54) is 11.3 Å². The van der Waals surface area contributed by atoms with Crippen LogP contribution in [0.1, 0.15) is 10.7 Å². The van der Waals surface area contributed by atoms with E-state index in [9.17, 15) is 14.5 Å². The summed E-state index contributed by atoms with van der Waals surface area (Å²) in [6.45, 7) is 2.33. The van der Waals surface area contributed by atoms with Gasteiger partial charge in [-0.2, -0.15) is 0 Å². The van der Waals surface area contributed by atoms with Crippen molar-refractivity contribution >= 4 is 34.3 Å². The van der Waals surface area contributed by atoms with Gasteiger partial charge in [0.2, 0.25) is 0 Å². The number of aryl methyl sites for hydroxylation is 1. The number of anilines is 1. The molecular weight excluding hydrogens is 305 g/mol. The van der Waals surface area contributed by atoms with Gasteiger partial charge >= 0.3 is 0 Å². The predicted octanol–water partition coefficient (Wildman–Crippen LogP) is 3.81. The monoisotopic (exact) mass is 315 g/mol. The number of thiazole rings is 1. The molecule has 106 valence electrons. The SMILES string of the molecule is Cc1nc(CCNc2cc(F)c(Cl)cc2[N+](=O)[O-])cs1. The molecule has 0 bridgehead atoms. The van der Waals surface area contributed by atoms with Gasteiger partial charge in [-0.25, -0.2) is 9.37 Å². The Bertz CT molecular complexity index is 648. The number of hydrogen-bond donors (Lipinski definition) is 1. The molecule has 5 nitrogen and oxygen atoms in total. The van der Waals surface area contributed by atoms with Gasteiger partial charge in [0, 0.05) is 30.5 Å². The maximum absolute atomic E-state index is 13.4. The van der Waals surface area contributed by atoms with E-state index in [4.69, 9.17) is 11.6 Å². The predicted molar refractivity (Wildman–Crippen MR) is 77.1 cm³/mol. The first kappa shape index (κ1) is 14.7. The van der Waals surface area contributed by atoms with Gasteiger partial charge in [0.15, 0.2) is 0 Å². The molecular formula is C12H11ClFN3O2S. The second-order valence-corrected chi connectivity index (χ2v) is 5.54. The fourth-order valence-corrected chi connectivity index (χ4v) is 2.48. The Morgan fingerprint density at radius 2 is 2.30 bits per heavy atom. The van der Waals surface area contributed by atoms with E-state index in [-0.39, 0.29) is 16.4 Å². The van der Waals surface area contributed by atoms with E-state index in [0.717, 1.165) is 22.8 Å². The number of benzene rings is 1. The van der Waals surface area contributed by atoms with Gasteiger partial charge in [-0.3, -0.25) is 10.1 Å². The number of halogens is 2. The molecule has 0 saturated carbocycles. The van der Waals surface area contributed by atoms with Crippen LogP contribution in [-0.2, 0) is 6.42 Å². The number of nitro benzene ring substituents is 1. The highest BCUT2D eigenvalue weighted by atomic mass is 35.5. The van der Waals surface area contributed by atoms with E-state index in [2.05, 4.69) is 10.3 Å². The van der Waals surface area contributed by atoms with Gasteiger partial charge in [0.1, 0.15) is 11.5 Å². The Balaban J connectivity index is 2.08. The first-order valence-corrected chi connectivity index (χ1v) is 7.01. The smallest absolute Gasteiger partial charge is 0.294 e. The number of hydrogen-bond acceptors (Lipinski definition) is 5. The van der Waals surface area contributed by atoms with Gasteiger partial charge in [-0.05, 0) is 6.92 Å². The summed E-state index contributed by atoms with van der Waals surface area (Å²) < 4.78 is 13.4. The molecule has 1 aromatic heterocycles. The zero-order valence-electron chi connectivity index (χ0n) is 10.5. The van der Waals surface area contributed by atoms with E-state index in [1.807, 2.05) is 12.3 Å². The van der Waals surface area contributed by atoms with Crippen molar-refractivity contribution in [3.63, 3.8) is 0 Å². The van der Waals surface area contributed by atoms with Crippen LogP contribution in [0.4, 0.5) is 15.8 Å². The quantitative estimate of drug-likeness (QED) is 0.673. The van der Waals surface area contributed by atoms with Gasteiger partial charge in [-0.15, -0.1) is 11.3 Å². The molecule has 1 N–H and O–H groups in total. The zero-order valence-corrected chi connectivity index (χ0v) is 12.1. The molecule has 8 heteroatoms. The highest BCUT2D eigenvalue weighted by Crippen LogP contribution is 2.30. The average molecular weight is 316 g/mol. The molecule has 0 atom stereocenters. The lowest BCUT2D eigenvalue weighted by atomic mass is 10.2. The molecule has 2 rings (SSSR count). The van der Waals surface area contributed by atoms with Crippen LogP contribution in [0.3, 0.4) is 0 Å². The lowest BCUT2D eigenvalue weighted by Gasteiger charge is -2.07. The number of aromatic nitrogens is 1. The van der Waals surface area contributed by atoms with Crippen LogP contribution in [-0.4, -0.2) is 16.5 Å². The van der Waals surface area contributed by atoms with Gasteiger partial charge in [0.25, 0.3) is 5.69 Å². The summed E-state index contributed by atoms with van der Waals surface area (Å²) in [5, 5.41) is 16.4. The number of rotatable bonds is 5. The van der Waals surface area contributed by atoms with Crippen molar-refractivity contribution in [2.24, 2.45) is 0 Å². The second-order valence-electron chi connectivity index (χ2n) is 4.08.